The van der Waals surface area contributed by atoms with E-state index in [1.54, 1.807) is 7.05 Å². The molecule has 0 aliphatic carbocycles. The molecule has 0 radical (unpaired) electrons. The van der Waals surface area contributed by atoms with E-state index in [0.717, 1.165) is 17.7 Å². The minimum atomic E-state index is -1.70. The van der Waals surface area contributed by atoms with Crippen LogP contribution in [0.2, 0.25) is 0 Å². The van der Waals surface area contributed by atoms with Crippen LogP contribution in [0.5, 0.6) is 5.75 Å². The quantitative estimate of drug-likeness (QED) is 0.558. The van der Waals surface area contributed by atoms with Crippen molar-refractivity contribution in [2.75, 3.05) is 43.1 Å². The van der Waals surface area contributed by atoms with Crippen LogP contribution in [0.4, 0.5) is 11.4 Å². The van der Waals surface area contributed by atoms with E-state index in [2.05, 4.69) is 5.32 Å². The molecular formula is C20H27N3O6. The van der Waals surface area contributed by atoms with Gasteiger partial charge in [0.15, 0.2) is 11.4 Å². The molecule has 29 heavy (non-hydrogen) atoms. The number of carbonyl (C=O) groups excluding carboxylic acids is 2. The third-order valence-electron chi connectivity index (χ3n) is 5.67. The molecule has 0 bridgehead atoms. The molecular weight excluding hydrogens is 378 g/mol. The smallest absolute Gasteiger partial charge is 0.335 e. The molecule has 9 heteroatoms. The summed E-state index contributed by atoms with van der Waals surface area (Å²) in [5.74, 6) is -0.715. The van der Waals surface area contributed by atoms with Gasteiger partial charge in [0.25, 0.3) is 0 Å². The van der Waals surface area contributed by atoms with Crippen LogP contribution < -0.4 is 19.9 Å². The number of rotatable bonds is 7. The van der Waals surface area contributed by atoms with Crippen molar-refractivity contribution in [3.8, 4) is 5.75 Å². The maximum Gasteiger partial charge on any atom is 0.335 e. The van der Waals surface area contributed by atoms with Gasteiger partial charge in [0.1, 0.15) is 18.9 Å². The summed E-state index contributed by atoms with van der Waals surface area (Å²) in [5, 5.41) is 22.1. The molecule has 1 fully saturated rings. The molecule has 3 N–H and O–H groups in total. The minimum Gasteiger partial charge on any atom is -0.487 e. The lowest BCUT2D eigenvalue weighted by atomic mass is 9.91. The van der Waals surface area contributed by atoms with Crippen molar-refractivity contribution in [2.45, 2.75) is 37.3 Å². The van der Waals surface area contributed by atoms with Gasteiger partial charge >= 0.3 is 5.97 Å². The van der Waals surface area contributed by atoms with Gasteiger partial charge in [-0.15, -0.1) is 0 Å². The van der Waals surface area contributed by atoms with Crippen molar-refractivity contribution in [3.63, 3.8) is 0 Å². The van der Waals surface area contributed by atoms with Crippen LogP contribution in [-0.2, 0) is 14.4 Å². The summed E-state index contributed by atoms with van der Waals surface area (Å²) < 4.78 is 5.94. The fraction of sp³-hybridized carbons (Fsp3) is 0.550. The van der Waals surface area contributed by atoms with E-state index in [0.29, 0.717) is 38.4 Å². The molecule has 9 nitrogen and oxygen atoms in total. The van der Waals surface area contributed by atoms with E-state index in [1.807, 2.05) is 28.0 Å². The molecule has 1 amide bonds. The monoisotopic (exact) mass is 405 g/mol. The zero-order valence-corrected chi connectivity index (χ0v) is 16.5. The summed E-state index contributed by atoms with van der Waals surface area (Å²) in [6.07, 6.45) is 1.74. The average molecular weight is 405 g/mol. The first kappa shape index (κ1) is 20.9. The van der Waals surface area contributed by atoms with Crippen molar-refractivity contribution in [3.05, 3.63) is 18.2 Å². The number of anilines is 2. The maximum absolute atomic E-state index is 12.4. The fourth-order valence-corrected chi connectivity index (χ4v) is 3.98. The number of ether oxygens (including phenoxy) is 1. The molecule has 1 unspecified atom stereocenters. The van der Waals surface area contributed by atoms with E-state index in [4.69, 9.17) is 4.74 Å². The second-order valence-corrected chi connectivity index (χ2v) is 7.37. The molecule has 1 saturated heterocycles. The Morgan fingerprint density at radius 3 is 2.59 bits per heavy atom. The number of fused-ring (bicyclic) bond motifs is 1. The van der Waals surface area contributed by atoms with Crippen molar-refractivity contribution in [1.82, 2.24) is 5.32 Å². The first-order chi connectivity index (χ1) is 13.9. The van der Waals surface area contributed by atoms with Crippen LogP contribution in [0.3, 0.4) is 0 Å². The van der Waals surface area contributed by atoms with Gasteiger partial charge in [-0.3, -0.25) is 4.79 Å². The summed E-state index contributed by atoms with van der Waals surface area (Å²) >= 11 is 0. The van der Waals surface area contributed by atoms with Crippen molar-refractivity contribution >= 4 is 29.5 Å². The zero-order valence-electron chi connectivity index (χ0n) is 16.5. The van der Waals surface area contributed by atoms with Crippen molar-refractivity contribution in [1.29, 1.82) is 0 Å². The fourth-order valence-electron chi connectivity index (χ4n) is 3.98. The van der Waals surface area contributed by atoms with Gasteiger partial charge in [0.2, 0.25) is 5.91 Å². The van der Waals surface area contributed by atoms with E-state index >= 15 is 0 Å². The van der Waals surface area contributed by atoms with Gasteiger partial charge in [0.05, 0.1) is 17.9 Å². The highest BCUT2D eigenvalue weighted by atomic mass is 16.5. The molecule has 1 aromatic carbocycles. The number of aldehydes is 1. The summed E-state index contributed by atoms with van der Waals surface area (Å²) in [6, 6.07) is 5.16. The molecule has 0 saturated carbocycles. The Kier molecular flexibility index (Phi) is 6.26. The Hall–Kier alpha value is -2.81. The third kappa shape index (κ3) is 4.14. The third-order valence-corrected chi connectivity index (χ3v) is 5.67. The summed E-state index contributed by atoms with van der Waals surface area (Å²) in [5.41, 5.74) is -0.116. The Bertz CT molecular complexity index is 775. The number of nitrogens with zero attached hydrogens (tertiary/aromatic N) is 2. The van der Waals surface area contributed by atoms with Crippen molar-refractivity contribution in [2.24, 2.45) is 0 Å². The second kappa shape index (κ2) is 8.69. The van der Waals surface area contributed by atoms with E-state index in [1.165, 1.54) is 0 Å². The Morgan fingerprint density at radius 1 is 1.28 bits per heavy atom. The largest absolute Gasteiger partial charge is 0.487 e. The molecule has 2 heterocycles. The molecule has 0 aromatic heterocycles. The number of carboxylic acids is 1. The van der Waals surface area contributed by atoms with Crippen LogP contribution >= 0.6 is 0 Å². The molecule has 0 spiro atoms. The number of piperidine rings is 1. The van der Waals surface area contributed by atoms with Crippen LogP contribution in [0, 0.1) is 0 Å². The molecule has 1 aromatic rings. The highest BCUT2D eigenvalue weighted by molar-refractivity contribution is 5.87. The number of benzene rings is 1. The van der Waals surface area contributed by atoms with E-state index in [9.17, 15) is 24.6 Å². The normalized spacial score (nSPS) is 19.0. The Labute approximate surface area is 169 Å². The Balaban J connectivity index is 1.87. The molecule has 158 valence electrons. The molecule has 3 rings (SSSR count). The number of para-hydroxylation sites is 1. The maximum atomic E-state index is 12.4. The topological polar surface area (TPSA) is 119 Å². The van der Waals surface area contributed by atoms with Gasteiger partial charge in [-0.1, -0.05) is 6.07 Å². The number of amides is 1. The van der Waals surface area contributed by atoms with Crippen LogP contribution in [-0.4, -0.2) is 73.3 Å². The van der Waals surface area contributed by atoms with Gasteiger partial charge in [0, 0.05) is 39.4 Å². The summed E-state index contributed by atoms with van der Waals surface area (Å²) in [4.78, 5) is 38.6. The zero-order chi connectivity index (χ0) is 21.0. The number of likely N-dealkylation sites (N-methyl/N-ethyl adjacent to an activating group) is 1. The van der Waals surface area contributed by atoms with Gasteiger partial charge < -0.3 is 34.9 Å². The van der Waals surface area contributed by atoms with Gasteiger partial charge in [-0.25, -0.2) is 4.79 Å². The number of carboxylic acid groups (broad SMARTS) is 1. The summed E-state index contributed by atoms with van der Waals surface area (Å²) in [6.45, 7) is 1.68. The molecule has 2 aliphatic rings. The van der Waals surface area contributed by atoms with Crippen LogP contribution in [0.1, 0.15) is 25.7 Å². The number of aliphatic hydroxyl groups is 1. The van der Waals surface area contributed by atoms with E-state index < -0.39 is 17.6 Å². The van der Waals surface area contributed by atoms with E-state index in [-0.39, 0.29) is 25.2 Å². The number of nitrogens with one attached hydrogen (secondary N) is 1. The Morgan fingerprint density at radius 2 is 1.97 bits per heavy atom. The van der Waals surface area contributed by atoms with Crippen LogP contribution in [0.25, 0.3) is 0 Å². The lowest BCUT2D eigenvalue weighted by Gasteiger charge is -2.41. The minimum absolute atomic E-state index is 0.121. The number of hydrogen-bond acceptors (Lipinski definition) is 7. The predicted molar refractivity (Wildman–Crippen MR) is 106 cm³/mol. The number of aliphatic carboxylic acids is 1. The predicted octanol–water partition coefficient (Wildman–Crippen LogP) is 0.395. The first-order valence-electron chi connectivity index (χ1n) is 9.79. The number of carbonyl (C=O) groups is 3. The van der Waals surface area contributed by atoms with Gasteiger partial charge in [-0.05, 0) is 18.6 Å². The summed E-state index contributed by atoms with van der Waals surface area (Å²) in [7, 11) is 1.57. The first-order valence-corrected chi connectivity index (χ1v) is 9.79. The van der Waals surface area contributed by atoms with Gasteiger partial charge in [-0.2, -0.15) is 0 Å². The number of hydrogen-bond donors (Lipinski definition) is 3. The van der Waals surface area contributed by atoms with Crippen LogP contribution in [0.15, 0.2) is 18.2 Å². The molecule has 1 atom stereocenters. The standard InChI is InChI=1S/C20H27N3O6/c1-21-18(25)16(6-3-12-24)23-11-13-29-17-14(4-2-5-15(17)23)22-9-7-20(28,8-10-22)19(26)27/h2,4-5,12,16,28H,3,6-11,13H2,1H3,(H,21,25)(H,26,27). The molecule has 2 aliphatic heterocycles. The lowest BCUT2D eigenvalue weighted by molar-refractivity contribution is -0.160. The second-order valence-electron chi connectivity index (χ2n) is 7.37. The van der Waals surface area contributed by atoms with Crippen molar-refractivity contribution < 1.29 is 29.3 Å². The highest BCUT2D eigenvalue weighted by Gasteiger charge is 2.40. The SMILES string of the molecule is CNC(=O)C(CCC=O)N1CCOc2c(N3CCC(O)(C(=O)O)CC3)cccc21. The average Bonchev–Trinajstić information content (AvgIpc) is 2.74. The highest BCUT2D eigenvalue weighted by Crippen LogP contribution is 2.42. The lowest BCUT2D eigenvalue weighted by Crippen LogP contribution is -2.50.